The molecule has 3 heterocycles. The van der Waals surface area contributed by atoms with Crippen LogP contribution in [0.15, 0.2) is 60.2 Å². The van der Waals surface area contributed by atoms with Crippen LogP contribution in [0.5, 0.6) is 0 Å². The highest BCUT2D eigenvalue weighted by atomic mass is 35.5. The summed E-state index contributed by atoms with van der Waals surface area (Å²) >= 11 is 7.47. The Hall–Kier alpha value is -2.48. The summed E-state index contributed by atoms with van der Waals surface area (Å²) in [5, 5.41) is 6.62. The quantitative estimate of drug-likeness (QED) is 0.654. The number of carbonyl (C=O) groups excluding carboxylic acids is 1. The predicted octanol–water partition coefficient (Wildman–Crippen LogP) is 3.22. The van der Waals surface area contributed by atoms with Crippen LogP contribution in [0.25, 0.3) is 0 Å². The topological polar surface area (TPSA) is 61.4 Å². The number of amides is 1. The van der Waals surface area contributed by atoms with Crippen LogP contribution in [-0.4, -0.2) is 53.5 Å². The second-order valence-corrected chi connectivity index (χ2v) is 8.24. The molecule has 1 unspecified atom stereocenters. The van der Waals surface area contributed by atoms with E-state index < -0.39 is 0 Å². The van der Waals surface area contributed by atoms with Crippen LogP contribution >= 0.6 is 22.9 Å². The van der Waals surface area contributed by atoms with E-state index in [0.717, 1.165) is 42.6 Å². The van der Waals surface area contributed by atoms with E-state index in [4.69, 9.17) is 11.6 Å². The van der Waals surface area contributed by atoms with Crippen molar-refractivity contribution in [2.75, 3.05) is 37.6 Å². The summed E-state index contributed by atoms with van der Waals surface area (Å²) in [6, 6.07) is 13.5. The monoisotopic (exact) mass is 427 g/mol. The fourth-order valence-corrected chi connectivity index (χ4v) is 4.24. The van der Waals surface area contributed by atoms with Crippen LogP contribution in [0.2, 0.25) is 5.02 Å². The summed E-state index contributed by atoms with van der Waals surface area (Å²) < 4.78 is 0. The van der Waals surface area contributed by atoms with Crippen LogP contribution in [0, 0.1) is 0 Å². The number of piperazine rings is 1. The molecule has 0 bridgehead atoms. The van der Waals surface area contributed by atoms with Gasteiger partial charge in [0.15, 0.2) is 0 Å². The zero-order valence-electron chi connectivity index (χ0n) is 15.9. The summed E-state index contributed by atoms with van der Waals surface area (Å²) in [7, 11) is 0. The van der Waals surface area contributed by atoms with Crippen LogP contribution in [0.1, 0.15) is 16.6 Å². The summed E-state index contributed by atoms with van der Waals surface area (Å²) in [5.74, 6) is 0.929. The number of hydrogen-bond donors (Lipinski definition) is 1. The van der Waals surface area contributed by atoms with Gasteiger partial charge in [0.1, 0.15) is 16.9 Å². The maximum absolute atomic E-state index is 12.8. The molecule has 0 spiro atoms. The third-order valence-corrected chi connectivity index (χ3v) is 5.98. The first-order valence-corrected chi connectivity index (χ1v) is 10.8. The molecule has 2 aromatic heterocycles. The fraction of sp³-hybridized carbons (Fsp3) is 0.286. The molecule has 1 aromatic carbocycles. The Morgan fingerprint density at radius 3 is 2.55 bits per heavy atom. The first-order chi connectivity index (χ1) is 14.2. The van der Waals surface area contributed by atoms with Crippen molar-refractivity contribution < 1.29 is 4.79 Å². The van der Waals surface area contributed by atoms with Crippen molar-refractivity contribution in [1.29, 1.82) is 0 Å². The molecule has 0 aliphatic carbocycles. The lowest BCUT2D eigenvalue weighted by atomic mass is 10.1. The minimum atomic E-state index is -0.219. The van der Waals surface area contributed by atoms with Gasteiger partial charge in [-0.3, -0.25) is 9.69 Å². The Labute approximate surface area is 179 Å². The standard InChI is InChI=1S/C21H22ClN5OS/c22-17-6-7-18(24-14-17)27-11-9-26(10-12-27)15-19(28)25-20(21-23-8-13-29-21)16-4-2-1-3-5-16/h1-8,13-14,20H,9-12,15H2,(H,25,28). The number of nitrogens with zero attached hydrogens (tertiary/aromatic N) is 4. The van der Waals surface area contributed by atoms with E-state index in [-0.39, 0.29) is 11.9 Å². The van der Waals surface area contributed by atoms with Gasteiger partial charge in [0.25, 0.3) is 0 Å². The van der Waals surface area contributed by atoms with E-state index in [1.54, 1.807) is 23.7 Å². The summed E-state index contributed by atoms with van der Waals surface area (Å²) in [5.41, 5.74) is 1.04. The van der Waals surface area contributed by atoms with Crippen molar-refractivity contribution in [3.05, 3.63) is 75.8 Å². The van der Waals surface area contributed by atoms with Crippen LogP contribution in [0.4, 0.5) is 5.82 Å². The first-order valence-electron chi connectivity index (χ1n) is 9.51. The molecule has 29 heavy (non-hydrogen) atoms. The molecular weight excluding hydrogens is 406 g/mol. The molecule has 1 amide bonds. The number of benzene rings is 1. The average Bonchev–Trinajstić information content (AvgIpc) is 3.28. The SMILES string of the molecule is O=C(CN1CCN(c2ccc(Cl)cn2)CC1)NC(c1ccccc1)c1nccs1. The number of carbonyl (C=O) groups is 1. The second-order valence-electron chi connectivity index (χ2n) is 6.88. The minimum Gasteiger partial charge on any atom is -0.354 e. The number of anilines is 1. The molecule has 1 atom stereocenters. The zero-order valence-corrected chi connectivity index (χ0v) is 17.4. The first kappa shape index (κ1) is 19.8. The molecule has 4 rings (SSSR count). The lowest BCUT2D eigenvalue weighted by Crippen LogP contribution is -2.50. The van der Waals surface area contributed by atoms with E-state index >= 15 is 0 Å². The molecule has 1 saturated heterocycles. The maximum Gasteiger partial charge on any atom is 0.235 e. The molecule has 1 N–H and O–H groups in total. The molecule has 1 fully saturated rings. The van der Waals surface area contributed by atoms with Crippen molar-refractivity contribution in [3.63, 3.8) is 0 Å². The van der Waals surface area contributed by atoms with Gasteiger partial charge in [0.05, 0.1) is 11.6 Å². The second kappa shape index (κ2) is 9.35. The molecule has 1 aliphatic heterocycles. The summed E-state index contributed by atoms with van der Waals surface area (Å²) in [6.45, 7) is 3.65. The Morgan fingerprint density at radius 1 is 1.10 bits per heavy atom. The van der Waals surface area contributed by atoms with Crippen LogP contribution in [0.3, 0.4) is 0 Å². The lowest BCUT2D eigenvalue weighted by Gasteiger charge is -2.35. The molecule has 3 aromatic rings. The molecular formula is C21H22ClN5OS. The number of nitrogens with one attached hydrogen (secondary N) is 1. The molecule has 8 heteroatoms. The molecule has 150 valence electrons. The number of pyridine rings is 1. The van der Waals surface area contributed by atoms with Gasteiger partial charge in [-0.2, -0.15) is 0 Å². The molecule has 6 nitrogen and oxygen atoms in total. The summed E-state index contributed by atoms with van der Waals surface area (Å²) in [6.07, 6.45) is 3.44. The normalized spacial score (nSPS) is 15.8. The third kappa shape index (κ3) is 5.12. The van der Waals surface area contributed by atoms with Gasteiger partial charge in [0.2, 0.25) is 5.91 Å². The smallest absolute Gasteiger partial charge is 0.235 e. The number of hydrogen-bond acceptors (Lipinski definition) is 6. The summed E-state index contributed by atoms with van der Waals surface area (Å²) in [4.78, 5) is 25.9. The lowest BCUT2D eigenvalue weighted by molar-refractivity contribution is -0.122. The van der Waals surface area contributed by atoms with E-state index in [2.05, 4.69) is 25.1 Å². The highest BCUT2D eigenvalue weighted by Crippen LogP contribution is 2.23. The zero-order chi connectivity index (χ0) is 20.1. The largest absolute Gasteiger partial charge is 0.354 e. The molecule has 0 saturated carbocycles. The van der Waals surface area contributed by atoms with Gasteiger partial charge < -0.3 is 10.2 Å². The highest BCUT2D eigenvalue weighted by molar-refractivity contribution is 7.09. The minimum absolute atomic E-state index is 0.00659. The Morgan fingerprint density at radius 2 is 1.90 bits per heavy atom. The Kier molecular flexibility index (Phi) is 6.39. The number of aromatic nitrogens is 2. The van der Waals surface area contributed by atoms with Crippen molar-refractivity contribution in [2.45, 2.75) is 6.04 Å². The number of thiazole rings is 1. The van der Waals surface area contributed by atoms with Gasteiger partial charge >= 0.3 is 0 Å². The molecule has 1 aliphatic rings. The van der Waals surface area contributed by atoms with Crippen LogP contribution in [-0.2, 0) is 4.79 Å². The van der Waals surface area contributed by atoms with Gasteiger partial charge in [0, 0.05) is 44.0 Å². The number of rotatable bonds is 6. The van der Waals surface area contributed by atoms with Crippen molar-refractivity contribution in [3.8, 4) is 0 Å². The van der Waals surface area contributed by atoms with Crippen molar-refractivity contribution in [2.24, 2.45) is 0 Å². The molecule has 0 radical (unpaired) electrons. The Balaban J connectivity index is 1.34. The van der Waals surface area contributed by atoms with Crippen molar-refractivity contribution >= 4 is 34.7 Å². The van der Waals surface area contributed by atoms with E-state index in [1.165, 1.54) is 0 Å². The van der Waals surface area contributed by atoms with Crippen molar-refractivity contribution in [1.82, 2.24) is 20.2 Å². The Bertz CT molecular complexity index is 912. The third-order valence-electron chi connectivity index (χ3n) is 4.91. The van der Waals surface area contributed by atoms with E-state index in [0.29, 0.717) is 11.6 Å². The predicted molar refractivity (Wildman–Crippen MR) is 116 cm³/mol. The van der Waals surface area contributed by atoms with Gasteiger partial charge in [-0.1, -0.05) is 41.9 Å². The number of halogens is 1. The van der Waals surface area contributed by atoms with Crippen LogP contribution < -0.4 is 10.2 Å². The highest BCUT2D eigenvalue weighted by Gasteiger charge is 2.23. The van der Waals surface area contributed by atoms with Gasteiger partial charge in [-0.15, -0.1) is 11.3 Å². The van der Waals surface area contributed by atoms with Gasteiger partial charge in [-0.25, -0.2) is 9.97 Å². The van der Waals surface area contributed by atoms with Gasteiger partial charge in [-0.05, 0) is 17.7 Å². The average molecular weight is 428 g/mol. The van der Waals surface area contributed by atoms with E-state index in [9.17, 15) is 4.79 Å². The maximum atomic E-state index is 12.8. The van der Waals surface area contributed by atoms with E-state index in [1.807, 2.05) is 47.8 Å². The fourth-order valence-electron chi connectivity index (χ4n) is 3.41.